The fraction of sp³-hybridized carbons (Fsp3) is 0.300. The van der Waals surface area contributed by atoms with Crippen LogP contribution in [0.15, 0.2) is 15.5 Å². The molecule has 1 aromatic carbocycles. The van der Waals surface area contributed by atoms with Crippen LogP contribution in [-0.2, 0) is 11.3 Å². The number of aromatic hydroxyl groups is 1. The van der Waals surface area contributed by atoms with Crippen molar-refractivity contribution in [3.63, 3.8) is 0 Å². The van der Waals surface area contributed by atoms with Crippen LogP contribution in [0.4, 0.5) is 0 Å². The van der Waals surface area contributed by atoms with Crippen molar-refractivity contribution in [3.05, 3.63) is 27.2 Å². The van der Waals surface area contributed by atoms with E-state index >= 15 is 0 Å². The summed E-state index contributed by atoms with van der Waals surface area (Å²) in [5, 5.41) is 9.48. The van der Waals surface area contributed by atoms with Gasteiger partial charge in [-0.15, -0.1) is 0 Å². The van der Waals surface area contributed by atoms with Gasteiger partial charge < -0.3 is 5.11 Å². The third-order valence-corrected chi connectivity index (χ3v) is 3.14. The molecule has 0 heterocycles. The zero-order valence-electron chi connectivity index (χ0n) is 7.97. The molecule has 74 valence electrons. The van der Waals surface area contributed by atoms with Crippen molar-refractivity contribution in [2.75, 3.05) is 0 Å². The first kappa shape index (κ1) is 11.0. The van der Waals surface area contributed by atoms with Gasteiger partial charge in [0.25, 0.3) is 0 Å². The Balaban J connectivity index is 3.28. The largest absolute Gasteiger partial charge is 0.507 e. The number of nitrogens with zero attached hydrogens (tertiary/aromatic N) is 1. The van der Waals surface area contributed by atoms with Crippen LogP contribution in [0, 0.1) is 13.8 Å². The van der Waals surface area contributed by atoms with Gasteiger partial charge in [-0.3, -0.25) is 0 Å². The monoisotopic (exact) mass is 255 g/mol. The Morgan fingerprint density at radius 1 is 1.57 bits per heavy atom. The summed E-state index contributed by atoms with van der Waals surface area (Å²) in [4.78, 5) is 13.5. The van der Waals surface area contributed by atoms with Gasteiger partial charge in [-0.25, -0.2) is 9.79 Å². The highest BCUT2D eigenvalue weighted by Gasteiger charge is 2.09. The molecule has 0 fully saturated rings. The van der Waals surface area contributed by atoms with Gasteiger partial charge in [0.1, 0.15) is 5.75 Å². The summed E-state index contributed by atoms with van der Waals surface area (Å²) in [5.74, 6) is 0.207. The lowest BCUT2D eigenvalue weighted by Crippen LogP contribution is -1.93. The number of carbonyl (C=O) groups excluding carboxylic acids is 1. The first-order valence-corrected chi connectivity index (χ1v) is 4.88. The third kappa shape index (κ3) is 2.03. The number of phenolic OH excluding ortho intramolecular Hbond substituents is 1. The standard InChI is InChI=1S/C10H10BrNO2/c1-6-3-9(14)10(11)7(2)8(6)4-12-5-13/h3,14H,4H2,1-2H3. The van der Waals surface area contributed by atoms with E-state index in [1.807, 2.05) is 13.8 Å². The number of phenols is 1. The minimum atomic E-state index is 0.207. The molecule has 3 nitrogen and oxygen atoms in total. The van der Waals surface area contributed by atoms with Gasteiger partial charge in [-0.05, 0) is 52.5 Å². The summed E-state index contributed by atoms with van der Waals surface area (Å²) in [6.45, 7) is 4.04. The van der Waals surface area contributed by atoms with Crippen LogP contribution in [-0.4, -0.2) is 11.2 Å². The molecule has 0 atom stereocenters. The highest BCUT2D eigenvalue weighted by atomic mass is 79.9. The Hall–Kier alpha value is -1.12. The molecule has 14 heavy (non-hydrogen) atoms. The predicted molar refractivity (Wildman–Crippen MR) is 57.1 cm³/mol. The molecule has 0 spiro atoms. The van der Waals surface area contributed by atoms with E-state index in [4.69, 9.17) is 0 Å². The molecular weight excluding hydrogens is 246 g/mol. The van der Waals surface area contributed by atoms with E-state index in [1.54, 1.807) is 6.07 Å². The van der Waals surface area contributed by atoms with Crippen molar-refractivity contribution < 1.29 is 9.90 Å². The van der Waals surface area contributed by atoms with Crippen LogP contribution in [0.25, 0.3) is 0 Å². The second-order valence-electron chi connectivity index (χ2n) is 3.04. The topological polar surface area (TPSA) is 49.7 Å². The molecule has 1 aromatic rings. The Morgan fingerprint density at radius 3 is 2.79 bits per heavy atom. The van der Waals surface area contributed by atoms with Gasteiger partial charge in [-0.1, -0.05) is 0 Å². The van der Waals surface area contributed by atoms with E-state index in [0.29, 0.717) is 11.0 Å². The first-order chi connectivity index (χ1) is 6.57. The Labute approximate surface area is 90.6 Å². The molecule has 0 saturated carbocycles. The SMILES string of the molecule is Cc1cc(O)c(Br)c(C)c1CN=C=O. The minimum Gasteiger partial charge on any atom is -0.507 e. The first-order valence-electron chi connectivity index (χ1n) is 4.09. The second kappa shape index (κ2) is 4.40. The van der Waals surface area contributed by atoms with Gasteiger partial charge in [0.15, 0.2) is 0 Å². The Bertz CT molecular complexity index is 409. The molecule has 0 aliphatic carbocycles. The number of isocyanates is 1. The molecule has 0 bridgehead atoms. The lowest BCUT2D eigenvalue weighted by atomic mass is 10.0. The zero-order chi connectivity index (χ0) is 10.7. The van der Waals surface area contributed by atoms with Crippen molar-refractivity contribution in [2.45, 2.75) is 20.4 Å². The molecule has 1 rings (SSSR count). The smallest absolute Gasteiger partial charge is 0.235 e. The Kier molecular flexibility index (Phi) is 3.44. The predicted octanol–water partition coefficient (Wildman–Crippen LogP) is 2.61. The van der Waals surface area contributed by atoms with Gasteiger partial charge in [0.2, 0.25) is 6.08 Å². The van der Waals surface area contributed by atoms with E-state index in [-0.39, 0.29) is 5.75 Å². The fourth-order valence-corrected chi connectivity index (χ4v) is 1.68. The molecule has 0 amide bonds. The van der Waals surface area contributed by atoms with E-state index in [0.717, 1.165) is 16.7 Å². The van der Waals surface area contributed by atoms with Crippen molar-refractivity contribution >= 4 is 22.0 Å². The van der Waals surface area contributed by atoms with Crippen LogP contribution in [0.1, 0.15) is 16.7 Å². The van der Waals surface area contributed by atoms with Crippen LogP contribution in [0.3, 0.4) is 0 Å². The average molecular weight is 256 g/mol. The van der Waals surface area contributed by atoms with Crippen LogP contribution < -0.4 is 0 Å². The van der Waals surface area contributed by atoms with E-state index in [9.17, 15) is 9.90 Å². The molecule has 0 unspecified atom stereocenters. The lowest BCUT2D eigenvalue weighted by Gasteiger charge is -2.10. The number of benzene rings is 1. The van der Waals surface area contributed by atoms with Crippen molar-refractivity contribution in [2.24, 2.45) is 4.99 Å². The van der Waals surface area contributed by atoms with E-state index in [1.165, 1.54) is 6.08 Å². The average Bonchev–Trinajstić information content (AvgIpc) is 2.14. The van der Waals surface area contributed by atoms with E-state index < -0.39 is 0 Å². The lowest BCUT2D eigenvalue weighted by molar-refractivity contribution is 0.470. The van der Waals surface area contributed by atoms with Gasteiger partial charge in [-0.2, -0.15) is 0 Å². The molecule has 4 heteroatoms. The molecule has 0 aliphatic heterocycles. The summed E-state index contributed by atoms with van der Waals surface area (Å²) >= 11 is 3.27. The fourth-order valence-electron chi connectivity index (χ4n) is 1.33. The highest BCUT2D eigenvalue weighted by molar-refractivity contribution is 9.10. The van der Waals surface area contributed by atoms with Gasteiger partial charge in [0.05, 0.1) is 11.0 Å². The summed E-state index contributed by atoms with van der Waals surface area (Å²) in [6.07, 6.45) is 1.50. The number of hydrogen-bond donors (Lipinski definition) is 1. The molecular formula is C10H10BrNO2. The van der Waals surface area contributed by atoms with Crippen LogP contribution in [0.5, 0.6) is 5.75 Å². The molecule has 0 aromatic heterocycles. The summed E-state index contributed by atoms with van der Waals surface area (Å²) in [5.41, 5.74) is 2.77. The maximum Gasteiger partial charge on any atom is 0.235 e. The molecule has 0 radical (unpaired) electrons. The number of hydrogen-bond acceptors (Lipinski definition) is 3. The normalized spacial score (nSPS) is 9.64. The van der Waals surface area contributed by atoms with Crippen LogP contribution in [0.2, 0.25) is 0 Å². The maximum absolute atomic E-state index is 10.00. The number of aryl methyl sites for hydroxylation is 1. The number of rotatable bonds is 2. The second-order valence-corrected chi connectivity index (χ2v) is 3.83. The van der Waals surface area contributed by atoms with Crippen molar-refractivity contribution in [1.29, 1.82) is 0 Å². The van der Waals surface area contributed by atoms with Gasteiger partial charge >= 0.3 is 0 Å². The zero-order valence-corrected chi connectivity index (χ0v) is 9.55. The van der Waals surface area contributed by atoms with Crippen LogP contribution >= 0.6 is 15.9 Å². The number of aliphatic imine (C=N–C) groups is 1. The number of halogens is 1. The quantitative estimate of drug-likeness (QED) is 0.653. The summed E-state index contributed by atoms with van der Waals surface area (Å²) < 4.78 is 0.652. The van der Waals surface area contributed by atoms with Crippen molar-refractivity contribution in [1.82, 2.24) is 0 Å². The Morgan fingerprint density at radius 2 is 2.21 bits per heavy atom. The van der Waals surface area contributed by atoms with E-state index in [2.05, 4.69) is 20.9 Å². The van der Waals surface area contributed by atoms with Gasteiger partial charge in [0, 0.05) is 0 Å². The maximum atomic E-state index is 10.00. The molecule has 0 saturated heterocycles. The summed E-state index contributed by atoms with van der Waals surface area (Å²) in [6, 6.07) is 1.65. The molecule has 1 N–H and O–H groups in total. The third-order valence-electron chi connectivity index (χ3n) is 2.14. The minimum absolute atomic E-state index is 0.207. The summed E-state index contributed by atoms with van der Waals surface area (Å²) in [7, 11) is 0. The highest BCUT2D eigenvalue weighted by Crippen LogP contribution is 2.32. The van der Waals surface area contributed by atoms with Crippen molar-refractivity contribution in [3.8, 4) is 5.75 Å². The molecule has 0 aliphatic rings.